The van der Waals surface area contributed by atoms with Crippen molar-refractivity contribution in [3.05, 3.63) is 83.4 Å². The van der Waals surface area contributed by atoms with Crippen LogP contribution in [-0.2, 0) is 4.74 Å². The molecule has 214 valence electrons. The summed E-state index contributed by atoms with van der Waals surface area (Å²) in [5, 5.41) is 5.88. The van der Waals surface area contributed by atoms with E-state index in [4.69, 9.17) is 9.47 Å². The first-order valence-electron chi connectivity index (χ1n) is 13.8. The summed E-state index contributed by atoms with van der Waals surface area (Å²) in [4.78, 5) is 45.1. The van der Waals surface area contributed by atoms with Crippen molar-refractivity contribution in [1.29, 1.82) is 0 Å². The standard InChI is InChI=1S/C31H35N5O5/c1-22-3-7-24(8-4-22)33-31(39)36-15-13-34(14-16-36)28-12-9-25(21-27(28)30(38)35-17-19-41-20-18-35)32-29(37)23-5-10-26(40-2)11-6-23/h3-12,21H,13-20H2,1-2H3,(H,32,37)(H,33,39). The van der Waals surface area contributed by atoms with Gasteiger partial charge in [-0.2, -0.15) is 0 Å². The molecule has 2 fully saturated rings. The van der Waals surface area contributed by atoms with Gasteiger partial charge in [0, 0.05) is 61.9 Å². The molecule has 2 aliphatic rings. The Morgan fingerprint density at radius 3 is 2.07 bits per heavy atom. The van der Waals surface area contributed by atoms with Gasteiger partial charge in [-0.3, -0.25) is 9.59 Å². The Labute approximate surface area is 239 Å². The van der Waals surface area contributed by atoms with Gasteiger partial charge in [-0.15, -0.1) is 0 Å². The third kappa shape index (κ3) is 6.78. The molecular formula is C31H35N5O5. The summed E-state index contributed by atoms with van der Waals surface area (Å²) in [6.45, 7) is 6.17. The van der Waals surface area contributed by atoms with Crippen LogP contribution in [0.25, 0.3) is 0 Å². The number of amides is 4. The molecule has 4 amide bonds. The molecule has 41 heavy (non-hydrogen) atoms. The highest BCUT2D eigenvalue weighted by molar-refractivity contribution is 6.06. The summed E-state index contributed by atoms with van der Waals surface area (Å²) in [5.41, 5.74) is 4.19. The van der Waals surface area contributed by atoms with Crippen LogP contribution in [0.4, 0.5) is 21.9 Å². The summed E-state index contributed by atoms with van der Waals surface area (Å²) in [6.07, 6.45) is 0. The lowest BCUT2D eigenvalue weighted by atomic mass is 10.1. The average Bonchev–Trinajstić information content (AvgIpc) is 3.02. The zero-order valence-electron chi connectivity index (χ0n) is 23.4. The van der Waals surface area contributed by atoms with Crippen molar-refractivity contribution in [3.63, 3.8) is 0 Å². The van der Waals surface area contributed by atoms with E-state index in [1.165, 1.54) is 0 Å². The maximum Gasteiger partial charge on any atom is 0.321 e. The number of methoxy groups -OCH3 is 1. The van der Waals surface area contributed by atoms with Gasteiger partial charge in [-0.05, 0) is 61.5 Å². The zero-order valence-corrected chi connectivity index (χ0v) is 23.4. The van der Waals surface area contributed by atoms with E-state index in [-0.39, 0.29) is 17.8 Å². The predicted molar refractivity (Wildman–Crippen MR) is 158 cm³/mol. The third-order valence-electron chi connectivity index (χ3n) is 7.35. The molecular weight excluding hydrogens is 522 g/mol. The van der Waals surface area contributed by atoms with Crippen molar-refractivity contribution >= 4 is 34.9 Å². The fraction of sp³-hybridized carbons (Fsp3) is 0.323. The smallest absolute Gasteiger partial charge is 0.321 e. The predicted octanol–water partition coefficient (Wildman–Crippen LogP) is 4.08. The van der Waals surface area contributed by atoms with Crippen molar-refractivity contribution in [2.24, 2.45) is 0 Å². The molecule has 3 aromatic rings. The first-order chi connectivity index (χ1) is 19.9. The second-order valence-electron chi connectivity index (χ2n) is 10.1. The molecule has 2 N–H and O–H groups in total. The number of urea groups is 1. The molecule has 2 aliphatic heterocycles. The van der Waals surface area contributed by atoms with E-state index < -0.39 is 0 Å². The van der Waals surface area contributed by atoms with Crippen LogP contribution in [0.1, 0.15) is 26.3 Å². The molecule has 0 saturated carbocycles. The van der Waals surface area contributed by atoms with Crippen molar-refractivity contribution < 1.29 is 23.9 Å². The zero-order chi connectivity index (χ0) is 28.8. The Morgan fingerprint density at radius 2 is 1.41 bits per heavy atom. The topological polar surface area (TPSA) is 103 Å². The molecule has 0 atom stereocenters. The van der Waals surface area contributed by atoms with Crippen LogP contribution in [-0.4, -0.2) is 87.2 Å². The number of aryl methyl sites for hydroxylation is 1. The minimum absolute atomic E-state index is 0.108. The third-order valence-corrected chi connectivity index (χ3v) is 7.35. The molecule has 2 heterocycles. The van der Waals surface area contributed by atoms with Crippen LogP contribution in [0.2, 0.25) is 0 Å². The van der Waals surface area contributed by atoms with Crippen LogP contribution in [0.15, 0.2) is 66.7 Å². The number of rotatable bonds is 6. The molecule has 10 heteroatoms. The minimum Gasteiger partial charge on any atom is -0.497 e. The summed E-state index contributed by atoms with van der Waals surface area (Å²) in [6, 6.07) is 19.8. The van der Waals surface area contributed by atoms with E-state index in [9.17, 15) is 14.4 Å². The highest BCUT2D eigenvalue weighted by atomic mass is 16.5. The van der Waals surface area contributed by atoms with Crippen molar-refractivity contribution in [3.8, 4) is 5.75 Å². The maximum atomic E-state index is 13.7. The number of nitrogens with one attached hydrogen (secondary N) is 2. The van der Waals surface area contributed by atoms with Crippen LogP contribution in [0.3, 0.4) is 0 Å². The van der Waals surface area contributed by atoms with E-state index in [1.807, 2.05) is 43.3 Å². The van der Waals surface area contributed by atoms with E-state index in [0.29, 0.717) is 75.0 Å². The first kappa shape index (κ1) is 28.0. The number of benzene rings is 3. The SMILES string of the molecule is COc1ccc(C(=O)Nc2ccc(N3CCN(C(=O)Nc4ccc(C)cc4)CC3)c(C(=O)N3CCOCC3)c2)cc1. The number of anilines is 3. The number of piperazine rings is 1. The Balaban J connectivity index is 1.31. The molecule has 5 rings (SSSR count). The maximum absolute atomic E-state index is 13.7. The van der Waals surface area contributed by atoms with E-state index in [1.54, 1.807) is 47.2 Å². The quantitative estimate of drug-likeness (QED) is 0.474. The summed E-state index contributed by atoms with van der Waals surface area (Å²) in [7, 11) is 1.57. The average molecular weight is 558 g/mol. The fourth-order valence-electron chi connectivity index (χ4n) is 4.93. The molecule has 3 aromatic carbocycles. The van der Waals surface area contributed by atoms with Crippen molar-refractivity contribution in [2.75, 3.05) is 75.1 Å². The van der Waals surface area contributed by atoms with Gasteiger partial charge in [-0.1, -0.05) is 17.7 Å². The van der Waals surface area contributed by atoms with Crippen LogP contribution >= 0.6 is 0 Å². The lowest BCUT2D eigenvalue weighted by Crippen LogP contribution is -2.50. The van der Waals surface area contributed by atoms with Gasteiger partial charge < -0.3 is 34.8 Å². The molecule has 0 bridgehead atoms. The van der Waals surface area contributed by atoms with Gasteiger partial charge in [0.25, 0.3) is 11.8 Å². The summed E-state index contributed by atoms with van der Waals surface area (Å²) >= 11 is 0. The Bertz CT molecular complexity index is 1380. The second kappa shape index (κ2) is 12.7. The molecule has 0 radical (unpaired) electrons. The molecule has 0 unspecified atom stereocenters. The number of hydrogen-bond acceptors (Lipinski definition) is 6. The highest BCUT2D eigenvalue weighted by Gasteiger charge is 2.27. The molecule has 0 aromatic heterocycles. The van der Waals surface area contributed by atoms with E-state index >= 15 is 0 Å². The number of nitrogens with zero attached hydrogens (tertiary/aromatic N) is 3. The van der Waals surface area contributed by atoms with Gasteiger partial charge in [0.2, 0.25) is 0 Å². The van der Waals surface area contributed by atoms with Crippen LogP contribution < -0.4 is 20.3 Å². The number of hydrogen-bond donors (Lipinski definition) is 2. The lowest BCUT2D eigenvalue weighted by molar-refractivity contribution is 0.0303. The largest absolute Gasteiger partial charge is 0.497 e. The molecule has 10 nitrogen and oxygen atoms in total. The summed E-state index contributed by atoms with van der Waals surface area (Å²) < 4.78 is 10.6. The van der Waals surface area contributed by atoms with Crippen molar-refractivity contribution in [2.45, 2.75) is 6.92 Å². The highest BCUT2D eigenvalue weighted by Crippen LogP contribution is 2.28. The minimum atomic E-state index is -0.279. The monoisotopic (exact) mass is 557 g/mol. The Kier molecular flexibility index (Phi) is 8.69. The number of carbonyl (C=O) groups excluding carboxylic acids is 3. The van der Waals surface area contributed by atoms with E-state index in [2.05, 4.69) is 15.5 Å². The van der Waals surface area contributed by atoms with Gasteiger partial charge in [0.05, 0.1) is 25.9 Å². The second-order valence-corrected chi connectivity index (χ2v) is 10.1. The van der Waals surface area contributed by atoms with Gasteiger partial charge >= 0.3 is 6.03 Å². The number of carbonyl (C=O) groups is 3. The number of morpholine rings is 1. The summed E-state index contributed by atoms with van der Waals surface area (Å²) in [5.74, 6) is 0.277. The fourth-order valence-corrected chi connectivity index (χ4v) is 4.93. The first-order valence-corrected chi connectivity index (χ1v) is 13.8. The lowest BCUT2D eigenvalue weighted by Gasteiger charge is -2.37. The molecule has 0 aliphatic carbocycles. The normalized spacial score (nSPS) is 15.3. The van der Waals surface area contributed by atoms with Gasteiger partial charge in [0.15, 0.2) is 0 Å². The van der Waals surface area contributed by atoms with Gasteiger partial charge in [0.1, 0.15) is 5.75 Å². The molecule has 0 spiro atoms. The Morgan fingerprint density at radius 1 is 0.756 bits per heavy atom. The van der Waals surface area contributed by atoms with Crippen molar-refractivity contribution in [1.82, 2.24) is 9.80 Å². The van der Waals surface area contributed by atoms with Gasteiger partial charge in [-0.25, -0.2) is 4.79 Å². The van der Waals surface area contributed by atoms with Crippen LogP contribution in [0, 0.1) is 6.92 Å². The van der Waals surface area contributed by atoms with Crippen LogP contribution in [0.5, 0.6) is 5.75 Å². The number of ether oxygens (including phenoxy) is 2. The molecule has 2 saturated heterocycles. The van der Waals surface area contributed by atoms with E-state index in [0.717, 1.165) is 16.9 Å². The Hall–Kier alpha value is -4.57.